The third-order valence-corrected chi connectivity index (χ3v) is 5.00. The Morgan fingerprint density at radius 1 is 1.32 bits per heavy atom. The van der Waals surface area contributed by atoms with Crippen LogP contribution in [0.4, 0.5) is 0 Å². The molecule has 1 aliphatic carbocycles. The number of nitrogens with zero attached hydrogens (tertiary/aromatic N) is 3. The van der Waals surface area contributed by atoms with Crippen molar-refractivity contribution < 1.29 is 9.26 Å². The number of ether oxygens (including phenoxy) is 1. The van der Waals surface area contributed by atoms with Gasteiger partial charge in [0, 0.05) is 17.2 Å². The van der Waals surface area contributed by atoms with Crippen molar-refractivity contribution in [2.45, 2.75) is 38.8 Å². The lowest BCUT2D eigenvalue weighted by molar-refractivity contribution is 0.242. The first-order valence-corrected chi connectivity index (χ1v) is 9.45. The average Bonchev–Trinajstić information content (AvgIpc) is 3.34. The van der Waals surface area contributed by atoms with Crippen LogP contribution in [-0.4, -0.2) is 24.2 Å². The SMILES string of the molecule is BN[C@@H]1CCc2c(-c3noc(-c4ccc(OC(C)C)c(C#N)c4)n3)cccc21. The summed E-state index contributed by atoms with van der Waals surface area (Å²) in [6.07, 6.45) is 2.05. The number of hydrogen-bond acceptors (Lipinski definition) is 6. The number of nitriles is 1. The van der Waals surface area contributed by atoms with E-state index in [-0.39, 0.29) is 6.10 Å². The predicted molar refractivity (Wildman–Crippen MR) is 108 cm³/mol. The van der Waals surface area contributed by atoms with Crippen LogP contribution in [0.3, 0.4) is 0 Å². The van der Waals surface area contributed by atoms with Gasteiger partial charge in [-0.3, -0.25) is 0 Å². The van der Waals surface area contributed by atoms with E-state index in [0.29, 0.717) is 34.6 Å². The van der Waals surface area contributed by atoms with Crippen molar-refractivity contribution >= 4 is 7.98 Å². The molecule has 0 aliphatic heterocycles. The Morgan fingerprint density at radius 3 is 2.93 bits per heavy atom. The Labute approximate surface area is 165 Å². The molecule has 0 bridgehead atoms. The Bertz CT molecular complexity index is 1050. The van der Waals surface area contributed by atoms with Crippen LogP contribution < -0.4 is 9.96 Å². The largest absolute Gasteiger partial charge is 0.490 e. The van der Waals surface area contributed by atoms with Crippen molar-refractivity contribution in [3.8, 4) is 34.7 Å². The van der Waals surface area contributed by atoms with Crippen LogP contribution in [-0.2, 0) is 6.42 Å². The molecule has 6 nitrogen and oxygen atoms in total. The molecule has 28 heavy (non-hydrogen) atoms. The van der Waals surface area contributed by atoms with Crippen molar-refractivity contribution in [2.75, 3.05) is 0 Å². The minimum Gasteiger partial charge on any atom is -0.490 e. The monoisotopic (exact) mass is 372 g/mol. The molecule has 0 unspecified atom stereocenters. The molecular weight excluding hydrogens is 351 g/mol. The van der Waals surface area contributed by atoms with Gasteiger partial charge in [0.25, 0.3) is 5.89 Å². The van der Waals surface area contributed by atoms with Gasteiger partial charge in [0.05, 0.1) is 11.7 Å². The molecule has 0 fully saturated rings. The first kappa shape index (κ1) is 18.3. The summed E-state index contributed by atoms with van der Waals surface area (Å²) in [7, 11) is 1.98. The van der Waals surface area contributed by atoms with Gasteiger partial charge >= 0.3 is 0 Å². The van der Waals surface area contributed by atoms with Gasteiger partial charge in [-0.05, 0) is 56.0 Å². The second-order valence-electron chi connectivity index (χ2n) is 7.17. The van der Waals surface area contributed by atoms with E-state index >= 15 is 0 Å². The number of hydrogen-bond donors (Lipinski definition) is 1. The molecule has 7 heteroatoms. The second kappa shape index (κ2) is 7.49. The van der Waals surface area contributed by atoms with Gasteiger partial charge < -0.3 is 14.5 Å². The average molecular weight is 372 g/mol. The molecule has 0 radical (unpaired) electrons. The first-order valence-electron chi connectivity index (χ1n) is 9.45. The minimum atomic E-state index is -0.00503. The number of nitrogens with one attached hydrogen (secondary N) is 1. The number of aromatic nitrogens is 2. The smallest absolute Gasteiger partial charge is 0.258 e. The zero-order valence-electron chi connectivity index (χ0n) is 16.2. The van der Waals surface area contributed by atoms with Crippen molar-refractivity contribution in [3.05, 3.63) is 53.1 Å². The summed E-state index contributed by atoms with van der Waals surface area (Å²) >= 11 is 0. The normalized spacial score (nSPS) is 15.4. The summed E-state index contributed by atoms with van der Waals surface area (Å²) in [6, 6.07) is 14.1. The van der Waals surface area contributed by atoms with Crippen LogP contribution >= 0.6 is 0 Å². The molecule has 0 amide bonds. The molecule has 3 aromatic rings. The molecule has 1 aromatic heterocycles. The van der Waals surface area contributed by atoms with Crippen LogP contribution in [0.1, 0.15) is 43.0 Å². The van der Waals surface area contributed by atoms with Gasteiger partial charge in [0.15, 0.2) is 7.98 Å². The topological polar surface area (TPSA) is 84.0 Å². The van der Waals surface area contributed by atoms with Gasteiger partial charge in [-0.2, -0.15) is 10.2 Å². The molecule has 1 aliphatic rings. The van der Waals surface area contributed by atoms with Gasteiger partial charge in [0.2, 0.25) is 5.82 Å². The fraction of sp³-hybridized carbons (Fsp3) is 0.286. The molecule has 140 valence electrons. The van der Waals surface area contributed by atoms with Gasteiger partial charge in [-0.25, -0.2) is 0 Å². The van der Waals surface area contributed by atoms with Crippen LogP contribution in [0, 0.1) is 11.3 Å². The van der Waals surface area contributed by atoms with Crippen LogP contribution in [0.15, 0.2) is 40.9 Å². The lowest BCUT2D eigenvalue weighted by Gasteiger charge is -2.11. The molecule has 1 heterocycles. The zero-order valence-corrected chi connectivity index (χ0v) is 16.2. The van der Waals surface area contributed by atoms with E-state index in [0.717, 1.165) is 18.4 Å². The fourth-order valence-electron chi connectivity index (χ4n) is 3.72. The maximum Gasteiger partial charge on any atom is 0.258 e. The predicted octanol–water partition coefficient (Wildman–Crippen LogP) is 3.19. The van der Waals surface area contributed by atoms with Crippen molar-refractivity contribution in [1.29, 1.82) is 5.26 Å². The fourth-order valence-corrected chi connectivity index (χ4v) is 3.72. The maximum atomic E-state index is 9.44. The van der Waals surface area contributed by atoms with Crippen LogP contribution in [0.2, 0.25) is 0 Å². The van der Waals surface area contributed by atoms with Gasteiger partial charge in [-0.15, -0.1) is 0 Å². The van der Waals surface area contributed by atoms with Crippen molar-refractivity contribution in [1.82, 2.24) is 15.4 Å². The molecule has 1 atom stereocenters. The quantitative estimate of drug-likeness (QED) is 0.693. The van der Waals surface area contributed by atoms with Crippen LogP contribution in [0.5, 0.6) is 5.75 Å². The molecule has 4 rings (SSSR count). The Balaban J connectivity index is 1.68. The summed E-state index contributed by atoms with van der Waals surface area (Å²) in [5.74, 6) is 1.52. The molecule has 1 N–H and O–H groups in total. The van der Waals surface area contributed by atoms with E-state index in [9.17, 15) is 5.26 Å². The number of rotatable bonds is 5. The minimum absolute atomic E-state index is 0.00503. The highest BCUT2D eigenvalue weighted by molar-refractivity contribution is 6.04. The Kier molecular flexibility index (Phi) is 4.89. The van der Waals surface area contributed by atoms with E-state index in [1.54, 1.807) is 12.1 Å². The third-order valence-electron chi connectivity index (χ3n) is 5.00. The summed E-state index contributed by atoms with van der Waals surface area (Å²) in [5.41, 5.74) is 4.72. The Morgan fingerprint density at radius 2 is 2.18 bits per heavy atom. The summed E-state index contributed by atoms with van der Waals surface area (Å²) in [6.45, 7) is 3.85. The Hall–Kier alpha value is -3.11. The molecule has 0 spiro atoms. The second-order valence-corrected chi connectivity index (χ2v) is 7.17. The number of fused-ring (bicyclic) bond motifs is 1. The van der Waals surface area contributed by atoms with Gasteiger partial charge in [0.1, 0.15) is 11.8 Å². The first-order chi connectivity index (χ1) is 13.6. The lowest BCUT2D eigenvalue weighted by atomic mass is 10.0. The molecule has 0 saturated heterocycles. The summed E-state index contributed by atoms with van der Waals surface area (Å²) < 4.78 is 11.2. The standard InChI is InChI=1S/C21H21BN4O2/c1-12(2)27-19-9-6-13(10-14(19)11-23)21-24-20(26-28-21)17-5-3-4-16-15(17)7-8-18(16)25-22/h3-6,9-10,12,18,25H,7-8,22H2,1-2H3/t18-/m1/s1. The molecule has 2 aromatic carbocycles. The van der Waals surface area contributed by atoms with E-state index in [1.807, 2.05) is 40.0 Å². The van der Waals surface area contributed by atoms with E-state index in [2.05, 4.69) is 27.5 Å². The van der Waals surface area contributed by atoms with Gasteiger partial charge in [-0.1, -0.05) is 23.4 Å². The lowest BCUT2D eigenvalue weighted by Crippen LogP contribution is -2.14. The number of benzene rings is 2. The van der Waals surface area contributed by atoms with Crippen molar-refractivity contribution in [2.24, 2.45) is 0 Å². The van der Waals surface area contributed by atoms with E-state index in [4.69, 9.17) is 9.26 Å². The van der Waals surface area contributed by atoms with E-state index < -0.39 is 0 Å². The molecule has 0 saturated carbocycles. The maximum absolute atomic E-state index is 9.44. The van der Waals surface area contributed by atoms with Crippen molar-refractivity contribution in [3.63, 3.8) is 0 Å². The molecular formula is C21H21BN4O2. The van der Waals surface area contributed by atoms with E-state index in [1.165, 1.54) is 11.1 Å². The van der Waals surface area contributed by atoms with Crippen LogP contribution in [0.25, 0.3) is 22.8 Å². The summed E-state index contributed by atoms with van der Waals surface area (Å²) in [4.78, 5) is 4.60. The zero-order chi connectivity index (χ0) is 19.7. The highest BCUT2D eigenvalue weighted by Gasteiger charge is 2.25. The summed E-state index contributed by atoms with van der Waals surface area (Å²) in [5, 5.41) is 17.0. The highest BCUT2D eigenvalue weighted by atomic mass is 16.5. The third kappa shape index (κ3) is 3.27. The highest BCUT2D eigenvalue weighted by Crippen LogP contribution is 2.37.